The lowest BCUT2D eigenvalue weighted by molar-refractivity contribution is -0.567. The molecule has 0 amide bonds. The van der Waals surface area contributed by atoms with Crippen LogP contribution in [0.5, 0.6) is 0 Å². The van der Waals surface area contributed by atoms with E-state index in [1.165, 1.54) is 13.8 Å². The Kier molecular flexibility index (Phi) is 4.49. The molecule has 0 aliphatic rings. The first-order valence-corrected chi connectivity index (χ1v) is 4.36. The molecule has 14 heavy (non-hydrogen) atoms. The molecule has 1 N–H and O–H groups in total. The fraction of sp³-hybridized carbons (Fsp3) is 0.875. The molecular formula is C8H15NO5. The molecule has 0 rings (SSSR count). The molecule has 1 unspecified atom stereocenters. The summed E-state index contributed by atoms with van der Waals surface area (Å²) in [6.45, 7) is 3.75. The first kappa shape index (κ1) is 12.8. The lowest BCUT2D eigenvalue weighted by Gasteiger charge is -2.24. The molecule has 0 bridgehead atoms. The number of rotatable bonds is 5. The Bertz CT molecular complexity index is 228. The van der Waals surface area contributed by atoms with Gasteiger partial charge in [-0.1, -0.05) is 13.8 Å². The largest absolute Gasteiger partial charge is 0.461 e. The van der Waals surface area contributed by atoms with Gasteiger partial charge in [-0.2, -0.15) is 0 Å². The number of carbonyl (C=O) groups is 1. The van der Waals surface area contributed by atoms with Gasteiger partial charge in [-0.05, 0) is 6.92 Å². The van der Waals surface area contributed by atoms with Gasteiger partial charge in [0.2, 0.25) is 0 Å². The number of ether oxygens (including phenoxy) is 1. The lowest BCUT2D eigenvalue weighted by atomic mass is 9.88. The second-order valence-corrected chi connectivity index (χ2v) is 3.21. The Morgan fingerprint density at radius 3 is 2.36 bits per heavy atom. The monoisotopic (exact) mass is 205 g/mol. The topological polar surface area (TPSA) is 89.7 Å². The van der Waals surface area contributed by atoms with Crippen molar-refractivity contribution < 1.29 is 19.6 Å². The van der Waals surface area contributed by atoms with Crippen LogP contribution in [0.2, 0.25) is 0 Å². The van der Waals surface area contributed by atoms with E-state index in [1.807, 2.05) is 0 Å². The number of aliphatic hydroxyl groups excluding tert-OH is 1. The van der Waals surface area contributed by atoms with E-state index in [2.05, 4.69) is 4.74 Å². The van der Waals surface area contributed by atoms with E-state index < -0.39 is 29.0 Å². The molecule has 6 nitrogen and oxygen atoms in total. The van der Waals surface area contributed by atoms with Gasteiger partial charge in [-0.15, -0.1) is 0 Å². The summed E-state index contributed by atoms with van der Waals surface area (Å²) in [5.74, 6) is -1.61. The zero-order chi connectivity index (χ0) is 11.4. The highest BCUT2D eigenvalue weighted by Crippen LogP contribution is 2.22. The van der Waals surface area contributed by atoms with E-state index in [9.17, 15) is 14.9 Å². The third-order valence-electron chi connectivity index (χ3n) is 2.15. The molecule has 0 spiro atoms. The fourth-order valence-electron chi connectivity index (χ4n) is 1.08. The van der Waals surface area contributed by atoms with Crippen LogP contribution in [0, 0.1) is 16.0 Å². The van der Waals surface area contributed by atoms with Gasteiger partial charge in [-0.25, -0.2) is 4.79 Å². The number of nitro groups is 1. The first-order valence-electron chi connectivity index (χ1n) is 4.36. The average molecular weight is 205 g/mol. The highest BCUT2D eigenvalue weighted by Gasteiger charge is 2.55. The van der Waals surface area contributed by atoms with Crippen LogP contribution in [0.3, 0.4) is 0 Å². The molecular weight excluding hydrogens is 190 g/mol. The van der Waals surface area contributed by atoms with Crippen molar-refractivity contribution in [2.24, 2.45) is 5.92 Å². The molecule has 0 fully saturated rings. The quantitative estimate of drug-likeness (QED) is 0.393. The summed E-state index contributed by atoms with van der Waals surface area (Å²) in [5, 5.41) is 19.7. The number of nitrogens with zero attached hydrogens (tertiary/aromatic N) is 1. The van der Waals surface area contributed by atoms with Crippen molar-refractivity contribution >= 4 is 5.97 Å². The van der Waals surface area contributed by atoms with E-state index >= 15 is 0 Å². The summed E-state index contributed by atoms with van der Waals surface area (Å²) in [4.78, 5) is 21.3. The summed E-state index contributed by atoms with van der Waals surface area (Å²) in [5.41, 5.74) is -2.03. The van der Waals surface area contributed by atoms with Crippen molar-refractivity contribution in [2.75, 3.05) is 13.2 Å². The average Bonchev–Trinajstić information content (AvgIpc) is 2.05. The zero-order valence-electron chi connectivity index (χ0n) is 8.52. The first-order chi connectivity index (χ1) is 6.43. The third-order valence-corrected chi connectivity index (χ3v) is 2.15. The smallest absolute Gasteiger partial charge is 0.387 e. The molecule has 82 valence electrons. The Morgan fingerprint density at radius 1 is 1.64 bits per heavy atom. The van der Waals surface area contributed by atoms with Crippen molar-refractivity contribution in [3.8, 4) is 0 Å². The molecule has 1 atom stereocenters. The van der Waals surface area contributed by atoms with E-state index in [0.29, 0.717) is 0 Å². The SMILES string of the molecule is CCOC(=O)C(CO)(C(C)C)[N+](=O)[O-]. The van der Waals surface area contributed by atoms with Gasteiger partial charge in [0.1, 0.15) is 6.61 Å². The summed E-state index contributed by atoms with van der Waals surface area (Å²) in [6.07, 6.45) is 0. The van der Waals surface area contributed by atoms with E-state index in [0.717, 1.165) is 0 Å². The predicted molar refractivity (Wildman–Crippen MR) is 48.3 cm³/mol. The number of hydrogen-bond acceptors (Lipinski definition) is 5. The van der Waals surface area contributed by atoms with E-state index in [-0.39, 0.29) is 6.61 Å². The Balaban J connectivity index is 5.04. The van der Waals surface area contributed by atoms with Crippen LogP contribution in [-0.2, 0) is 9.53 Å². The van der Waals surface area contributed by atoms with Crippen LogP contribution in [0.4, 0.5) is 0 Å². The van der Waals surface area contributed by atoms with Gasteiger partial charge >= 0.3 is 11.5 Å². The summed E-state index contributed by atoms with van der Waals surface area (Å²) in [6, 6.07) is 0. The Hall–Kier alpha value is -1.17. The van der Waals surface area contributed by atoms with Gasteiger partial charge in [0, 0.05) is 10.8 Å². The normalized spacial score (nSPS) is 14.9. The molecule has 0 aromatic carbocycles. The molecule has 0 heterocycles. The maximum atomic E-state index is 11.4. The Morgan fingerprint density at radius 2 is 2.14 bits per heavy atom. The number of hydrogen-bond donors (Lipinski definition) is 1. The van der Waals surface area contributed by atoms with Crippen LogP contribution in [0.25, 0.3) is 0 Å². The van der Waals surface area contributed by atoms with Crippen LogP contribution >= 0.6 is 0 Å². The second-order valence-electron chi connectivity index (χ2n) is 3.21. The standard InChI is InChI=1S/C8H15NO5/c1-4-14-7(11)8(5-10,6(2)3)9(12)13/h6,10H,4-5H2,1-3H3. The van der Waals surface area contributed by atoms with E-state index in [4.69, 9.17) is 5.11 Å². The van der Waals surface area contributed by atoms with Crippen LogP contribution in [0.15, 0.2) is 0 Å². The molecule has 0 radical (unpaired) electrons. The summed E-state index contributed by atoms with van der Waals surface area (Å²) < 4.78 is 4.58. The molecule has 0 aliphatic carbocycles. The summed E-state index contributed by atoms with van der Waals surface area (Å²) in [7, 11) is 0. The molecule has 0 aromatic heterocycles. The maximum absolute atomic E-state index is 11.4. The zero-order valence-corrected chi connectivity index (χ0v) is 8.52. The van der Waals surface area contributed by atoms with Crippen molar-refractivity contribution in [1.82, 2.24) is 0 Å². The molecule has 6 heteroatoms. The van der Waals surface area contributed by atoms with Crippen molar-refractivity contribution in [3.63, 3.8) is 0 Å². The van der Waals surface area contributed by atoms with Crippen molar-refractivity contribution in [1.29, 1.82) is 0 Å². The van der Waals surface area contributed by atoms with Crippen LogP contribution < -0.4 is 0 Å². The Labute approximate surface area is 82.0 Å². The highest BCUT2D eigenvalue weighted by molar-refractivity contribution is 5.79. The van der Waals surface area contributed by atoms with Crippen molar-refractivity contribution in [2.45, 2.75) is 26.3 Å². The van der Waals surface area contributed by atoms with Crippen LogP contribution in [0.1, 0.15) is 20.8 Å². The van der Waals surface area contributed by atoms with Gasteiger partial charge in [0.25, 0.3) is 0 Å². The molecule has 0 aliphatic heterocycles. The van der Waals surface area contributed by atoms with Gasteiger partial charge < -0.3 is 9.84 Å². The minimum absolute atomic E-state index is 0.0567. The number of esters is 1. The highest BCUT2D eigenvalue weighted by atomic mass is 16.6. The summed E-state index contributed by atoms with van der Waals surface area (Å²) >= 11 is 0. The maximum Gasteiger partial charge on any atom is 0.387 e. The van der Waals surface area contributed by atoms with Crippen molar-refractivity contribution in [3.05, 3.63) is 10.1 Å². The van der Waals surface area contributed by atoms with Gasteiger partial charge in [-0.3, -0.25) is 10.1 Å². The molecule has 0 aromatic rings. The second kappa shape index (κ2) is 4.90. The van der Waals surface area contributed by atoms with Crippen LogP contribution in [-0.4, -0.2) is 34.8 Å². The predicted octanol–water partition coefficient (Wildman–Crippen LogP) is 0.213. The fourth-order valence-corrected chi connectivity index (χ4v) is 1.08. The minimum atomic E-state index is -2.03. The number of carbonyl (C=O) groups excluding carboxylic acids is 1. The molecule has 0 saturated heterocycles. The molecule has 0 saturated carbocycles. The van der Waals surface area contributed by atoms with E-state index in [1.54, 1.807) is 6.92 Å². The third kappa shape index (κ3) is 2.01. The minimum Gasteiger partial charge on any atom is -0.461 e. The van der Waals surface area contributed by atoms with Gasteiger partial charge in [0.05, 0.1) is 6.61 Å². The lowest BCUT2D eigenvalue weighted by Crippen LogP contribution is -2.54. The van der Waals surface area contributed by atoms with Gasteiger partial charge in [0.15, 0.2) is 0 Å². The number of aliphatic hydroxyl groups is 1.